The fourth-order valence-electron chi connectivity index (χ4n) is 4.35. The normalized spacial score (nSPS) is 16.3. The molecule has 0 spiro atoms. The van der Waals surface area contributed by atoms with Crippen molar-refractivity contribution in [3.8, 4) is 0 Å². The fourth-order valence-corrected chi connectivity index (χ4v) is 4.35. The lowest BCUT2D eigenvalue weighted by molar-refractivity contribution is -0.137. The van der Waals surface area contributed by atoms with Crippen molar-refractivity contribution in [1.82, 2.24) is 9.88 Å². The van der Waals surface area contributed by atoms with Crippen LogP contribution >= 0.6 is 0 Å². The molecule has 6 nitrogen and oxygen atoms in total. The number of aldehydes is 1. The summed E-state index contributed by atoms with van der Waals surface area (Å²) in [6.07, 6.45) is -0.976. The number of nitrogens with zero attached hydrogens (tertiary/aromatic N) is 2. The quantitative estimate of drug-likeness (QED) is 0.438. The Bertz CT molecular complexity index is 1130. The van der Waals surface area contributed by atoms with E-state index in [0.29, 0.717) is 31.7 Å². The van der Waals surface area contributed by atoms with Crippen molar-refractivity contribution >= 4 is 23.8 Å². The van der Waals surface area contributed by atoms with Crippen LogP contribution in [0.5, 0.6) is 0 Å². The molecule has 1 atom stereocenters. The average molecular weight is 483 g/mol. The highest BCUT2D eigenvalue weighted by Crippen LogP contribution is 2.43. The lowest BCUT2D eigenvalue weighted by atomic mass is 9.71. The zero-order valence-corrected chi connectivity index (χ0v) is 18.8. The summed E-state index contributed by atoms with van der Waals surface area (Å²) in [4.78, 5) is 31.2. The molecule has 3 aromatic rings. The fraction of sp³-hybridized carbons (Fsp3) is 0.269. The highest BCUT2D eigenvalue weighted by atomic mass is 19.4. The first-order valence-electron chi connectivity index (χ1n) is 11.2. The number of urea groups is 1. The van der Waals surface area contributed by atoms with E-state index in [2.05, 4.69) is 15.6 Å². The molecule has 1 saturated heterocycles. The maximum absolute atomic E-state index is 12.8. The van der Waals surface area contributed by atoms with E-state index in [0.717, 1.165) is 24.0 Å². The number of nitrogens with one attached hydrogen (secondary N) is 2. The standard InChI is InChI=1S/C26H25F3N4O2/c27-26(28,29)20-9-11-21(12-10-20)31-24(35)33-16-13-25(18-34,14-17-33)23(19-6-2-1-3-7-19)32-22-8-4-5-15-30-22/h1-12,15,18,23H,13-14,16-17H2,(H,30,32)(H,31,35). The number of alkyl halides is 3. The molecule has 1 aliphatic heterocycles. The van der Waals surface area contributed by atoms with Crippen molar-refractivity contribution in [2.75, 3.05) is 23.7 Å². The number of likely N-dealkylation sites (tertiary alicyclic amines) is 1. The summed E-state index contributed by atoms with van der Waals surface area (Å²) in [6, 6.07) is 18.7. The molecular weight excluding hydrogens is 457 g/mol. The zero-order valence-electron chi connectivity index (χ0n) is 18.8. The number of amides is 2. The van der Waals surface area contributed by atoms with Crippen LogP contribution in [0.25, 0.3) is 0 Å². The first-order valence-corrected chi connectivity index (χ1v) is 11.2. The Morgan fingerprint density at radius 2 is 1.63 bits per heavy atom. The Morgan fingerprint density at radius 3 is 2.20 bits per heavy atom. The molecule has 182 valence electrons. The van der Waals surface area contributed by atoms with E-state index in [1.54, 1.807) is 11.1 Å². The van der Waals surface area contributed by atoms with E-state index >= 15 is 0 Å². The van der Waals surface area contributed by atoms with E-state index in [4.69, 9.17) is 0 Å². The molecule has 1 aliphatic rings. The monoisotopic (exact) mass is 482 g/mol. The van der Waals surface area contributed by atoms with Crippen LogP contribution in [0, 0.1) is 5.41 Å². The van der Waals surface area contributed by atoms with E-state index in [9.17, 15) is 22.8 Å². The van der Waals surface area contributed by atoms with Gasteiger partial charge in [0, 0.05) is 25.0 Å². The molecule has 1 fully saturated rings. The summed E-state index contributed by atoms with van der Waals surface area (Å²) in [5.41, 5.74) is -0.344. The minimum absolute atomic E-state index is 0.272. The first kappa shape index (κ1) is 24.3. The second kappa shape index (κ2) is 10.2. The van der Waals surface area contributed by atoms with Gasteiger partial charge in [-0.15, -0.1) is 0 Å². The number of carbonyl (C=O) groups excluding carboxylic acids is 2. The number of benzene rings is 2. The van der Waals surface area contributed by atoms with E-state index in [1.807, 2.05) is 48.5 Å². The summed E-state index contributed by atoms with van der Waals surface area (Å²) in [5.74, 6) is 0.644. The summed E-state index contributed by atoms with van der Waals surface area (Å²) in [5, 5.41) is 6.05. The number of hydrogen-bond acceptors (Lipinski definition) is 4. The summed E-state index contributed by atoms with van der Waals surface area (Å²) in [6.45, 7) is 0.636. The molecule has 2 N–H and O–H groups in total. The van der Waals surface area contributed by atoms with Crippen molar-refractivity contribution in [1.29, 1.82) is 0 Å². The number of pyridine rings is 1. The van der Waals surface area contributed by atoms with Crippen LogP contribution in [-0.4, -0.2) is 35.3 Å². The SMILES string of the molecule is O=CC1(C(Nc2ccccn2)c2ccccc2)CCN(C(=O)Nc2ccc(C(F)(F)F)cc2)CC1. The molecule has 2 heterocycles. The molecule has 0 aliphatic carbocycles. The third-order valence-electron chi connectivity index (χ3n) is 6.34. The lowest BCUT2D eigenvalue weighted by Gasteiger charge is -2.43. The van der Waals surface area contributed by atoms with Crippen molar-refractivity contribution < 1.29 is 22.8 Å². The number of hydrogen-bond donors (Lipinski definition) is 2. The molecule has 2 amide bonds. The number of rotatable bonds is 6. The second-order valence-corrected chi connectivity index (χ2v) is 8.55. The van der Waals surface area contributed by atoms with Crippen LogP contribution in [0.1, 0.15) is 30.0 Å². The van der Waals surface area contributed by atoms with Gasteiger partial charge in [0.25, 0.3) is 0 Å². The minimum atomic E-state index is -4.44. The first-order chi connectivity index (χ1) is 16.8. The third kappa shape index (κ3) is 5.62. The molecule has 4 rings (SSSR count). The molecule has 2 aromatic carbocycles. The second-order valence-electron chi connectivity index (χ2n) is 8.55. The smallest absolute Gasteiger partial charge is 0.362 e. The lowest BCUT2D eigenvalue weighted by Crippen LogP contribution is -2.49. The summed E-state index contributed by atoms with van der Waals surface area (Å²) >= 11 is 0. The molecule has 0 saturated carbocycles. The molecule has 1 aromatic heterocycles. The Balaban J connectivity index is 1.47. The van der Waals surface area contributed by atoms with E-state index in [-0.39, 0.29) is 11.7 Å². The minimum Gasteiger partial charge on any atom is -0.362 e. The number of halogens is 3. The van der Waals surface area contributed by atoms with Gasteiger partial charge in [-0.05, 0) is 54.8 Å². The van der Waals surface area contributed by atoms with Gasteiger partial charge in [0.1, 0.15) is 12.1 Å². The predicted octanol–water partition coefficient (Wildman–Crippen LogP) is 5.77. The van der Waals surface area contributed by atoms with Gasteiger partial charge < -0.3 is 20.3 Å². The predicted molar refractivity (Wildman–Crippen MR) is 127 cm³/mol. The Hall–Kier alpha value is -3.88. The van der Waals surface area contributed by atoms with Crippen LogP contribution < -0.4 is 10.6 Å². The van der Waals surface area contributed by atoms with Gasteiger partial charge in [0.15, 0.2) is 0 Å². The molecule has 9 heteroatoms. The van der Waals surface area contributed by atoms with E-state index in [1.165, 1.54) is 12.1 Å². The zero-order chi connectivity index (χ0) is 24.9. The molecule has 0 radical (unpaired) electrons. The van der Waals surface area contributed by atoms with Crippen LogP contribution in [0.4, 0.5) is 29.5 Å². The largest absolute Gasteiger partial charge is 0.416 e. The van der Waals surface area contributed by atoms with Gasteiger partial charge in [0.2, 0.25) is 0 Å². The van der Waals surface area contributed by atoms with Crippen LogP contribution in [0.2, 0.25) is 0 Å². The van der Waals surface area contributed by atoms with Crippen molar-refractivity contribution in [2.45, 2.75) is 25.1 Å². The van der Waals surface area contributed by atoms with Gasteiger partial charge in [-0.1, -0.05) is 36.4 Å². The van der Waals surface area contributed by atoms with Gasteiger partial charge >= 0.3 is 12.2 Å². The Kier molecular flexibility index (Phi) is 7.04. The number of piperidine rings is 1. The van der Waals surface area contributed by atoms with Crippen LogP contribution in [-0.2, 0) is 11.0 Å². The Labute approximate surface area is 201 Å². The molecule has 35 heavy (non-hydrogen) atoms. The maximum atomic E-state index is 12.8. The molecule has 0 bridgehead atoms. The van der Waals surface area contributed by atoms with Crippen LogP contribution in [0.3, 0.4) is 0 Å². The summed E-state index contributed by atoms with van der Waals surface area (Å²) < 4.78 is 38.3. The van der Waals surface area contributed by atoms with E-state index < -0.39 is 23.2 Å². The van der Waals surface area contributed by atoms with Gasteiger partial charge in [0.05, 0.1) is 17.0 Å². The number of anilines is 2. The van der Waals surface area contributed by atoms with Crippen LogP contribution in [0.15, 0.2) is 79.0 Å². The summed E-state index contributed by atoms with van der Waals surface area (Å²) in [7, 11) is 0. The average Bonchev–Trinajstić information content (AvgIpc) is 2.88. The molecule has 1 unspecified atom stereocenters. The third-order valence-corrected chi connectivity index (χ3v) is 6.34. The number of aromatic nitrogens is 1. The van der Waals surface area contributed by atoms with Gasteiger partial charge in [-0.2, -0.15) is 13.2 Å². The highest BCUT2D eigenvalue weighted by molar-refractivity contribution is 5.89. The highest BCUT2D eigenvalue weighted by Gasteiger charge is 2.43. The van der Waals surface area contributed by atoms with Crippen molar-refractivity contribution in [3.63, 3.8) is 0 Å². The van der Waals surface area contributed by atoms with Gasteiger partial charge in [-0.3, -0.25) is 0 Å². The Morgan fingerprint density at radius 1 is 0.971 bits per heavy atom. The van der Waals surface area contributed by atoms with Gasteiger partial charge in [-0.25, -0.2) is 9.78 Å². The topological polar surface area (TPSA) is 74.3 Å². The number of carbonyl (C=O) groups is 2. The van der Waals surface area contributed by atoms with Crippen molar-refractivity contribution in [3.05, 3.63) is 90.1 Å². The maximum Gasteiger partial charge on any atom is 0.416 e. The van der Waals surface area contributed by atoms with Crippen molar-refractivity contribution in [2.24, 2.45) is 5.41 Å². The molecular formula is C26H25F3N4O2.